The molecule has 0 radical (unpaired) electrons. The quantitative estimate of drug-likeness (QED) is 0.937. The van der Waals surface area contributed by atoms with E-state index in [0.29, 0.717) is 27.4 Å². The Morgan fingerprint density at radius 1 is 1.19 bits per heavy atom. The number of nitrogens with zero attached hydrogens (tertiary/aromatic N) is 1. The van der Waals surface area contributed by atoms with Gasteiger partial charge in [-0.25, -0.2) is 8.42 Å². The van der Waals surface area contributed by atoms with Crippen LogP contribution in [-0.4, -0.2) is 8.42 Å². The maximum Gasteiger partial charge on any atom is 0.236 e. The van der Waals surface area contributed by atoms with Crippen LogP contribution in [0.3, 0.4) is 0 Å². The predicted molar refractivity (Wildman–Crippen MR) is 83.6 cm³/mol. The van der Waals surface area contributed by atoms with Crippen LogP contribution in [0.15, 0.2) is 42.5 Å². The van der Waals surface area contributed by atoms with E-state index in [1.807, 2.05) is 6.07 Å². The van der Waals surface area contributed by atoms with E-state index in [1.165, 1.54) is 0 Å². The highest BCUT2D eigenvalue weighted by molar-refractivity contribution is 7.91. The molecule has 0 fully saturated rings. The minimum Gasteiger partial charge on any atom is -0.283 e. The van der Waals surface area contributed by atoms with Crippen LogP contribution in [0.4, 0.5) is 5.69 Å². The summed E-state index contributed by atoms with van der Waals surface area (Å²) in [6.45, 7) is 1.74. The average Bonchev–Trinajstić information content (AvgIpc) is 2.44. The van der Waals surface area contributed by atoms with Crippen LogP contribution in [0.1, 0.15) is 16.7 Å². The summed E-state index contributed by atoms with van der Waals surface area (Å²) in [4.78, 5) is 0. The second-order valence-electron chi connectivity index (χ2n) is 4.54. The third-order valence-corrected chi connectivity index (χ3v) is 4.65. The molecule has 2 aromatic carbocycles. The third-order valence-electron chi connectivity index (χ3n) is 3.02. The lowest BCUT2D eigenvalue weighted by molar-refractivity contribution is 0.600. The number of nitriles is 1. The van der Waals surface area contributed by atoms with Crippen molar-refractivity contribution in [2.24, 2.45) is 0 Å². The lowest BCUT2D eigenvalue weighted by Gasteiger charge is -2.12. The van der Waals surface area contributed by atoms with E-state index in [1.54, 1.807) is 49.4 Å². The molecule has 0 aliphatic heterocycles. The normalized spacial score (nSPS) is 10.9. The predicted octanol–water partition coefficient (Wildman–Crippen LogP) is 3.46. The molecule has 21 heavy (non-hydrogen) atoms. The lowest BCUT2D eigenvalue weighted by atomic mass is 10.1. The maximum atomic E-state index is 12.2. The Morgan fingerprint density at radius 2 is 1.90 bits per heavy atom. The molecular formula is C15H13ClN2O2S. The maximum absolute atomic E-state index is 12.2. The zero-order valence-corrected chi connectivity index (χ0v) is 12.9. The standard InChI is InChI=1S/C15H13ClN2O2S/c1-11-14(16)7-4-8-15(11)18-21(19,20)10-13-6-3-2-5-12(13)9-17/h2-8,18H,10H2,1H3. The van der Waals surface area contributed by atoms with Gasteiger partial charge in [0.2, 0.25) is 10.0 Å². The van der Waals surface area contributed by atoms with Crippen molar-refractivity contribution in [3.8, 4) is 6.07 Å². The SMILES string of the molecule is Cc1c(Cl)cccc1NS(=O)(=O)Cc1ccccc1C#N. The van der Waals surface area contributed by atoms with Gasteiger partial charge in [-0.3, -0.25) is 4.72 Å². The van der Waals surface area contributed by atoms with Gasteiger partial charge in [0.05, 0.1) is 23.1 Å². The van der Waals surface area contributed by atoms with E-state index >= 15 is 0 Å². The highest BCUT2D eigenvalue weighted by atomic mass is 35.5. The molecule has 0 spiro atoms. The molecule has 0 aliphatic rings. The monoisotopic (exact) mass is 320 g/mol. The second kappa shape index (κ2) is 6.17. The fourth-order valence-electron chi connectivity index (χ4n) is 1.88. The van der Waals surface area contributed by atoms with Crippen LogP contribution >= 0.6 is 11.6 Å². The Balaban J connectivity index is 2.28. The fraction of sp³-hybridized carbons (Fsp3) is 0.133. The van der Waals surface area contributed by atoms with Crippen LogP contribution in [0.2, 0.25) is 5.02 Å². The molecule has 2 rings (SSSR count). The summed E-state index contributed by atoms with van der Waals surface area (Å²) in [5, 5.41) is 9.50. The van der Waals surface area contributed by atoms with Gasteiger partial charge in [-0.05, 0) is 36.2 Å². The highest BCUT2D eigenvalue weighted by Gasteiger charge is 2.15. The van der Waals surface area contributed by atoms with E-state index in [0.717, 1.165) is 0 Å². The minimum absolute atomic E-state index is 0.261. The van der Waals surface area contributed by atoms with E-state index in [2.05, 4.69) is 4.72 Å². The van der Waals surface area contributed by atoms with E-state index in [9.17, 15) is 8.42 Å². The Labute approximate surface area is 129 Å². The summed E-state index contributed by atoms with van der Waals surface area (Å²) in [7, 11) is -3.62. The van der Waals surface area contributed by atoms with Gasteiger partial charge < -0.3 is 0 Å². The Kier molecular flexibility index (Phi) is 4.51. The summed E-state index contributed by atoms with van der Waals surface area (Å²) >= 11 is 5.97. The molecule has 0 bridgehead atoms. The summed E-state index contributed by atoms with van der Waals surface area (Å²) in [6, 6.07) is 13.6. The van der Waals surface area contributed by atoms with Crippen molar-refractivity contribution in [2.45, 2.75) is 12.7 Å². The molecule has 2 aromatic rings. The molecule has 6 heteroatoms. The Bertz CT molecular complexity index is 811. The third kappa shape index (κ3) is 3.75. The van der Waals surface area contributed by atoms with Crippen molar-refractivity contribution in [3.05, 3.63) is 64.2 Å². The molecule has 108 valence electrons. The number of benzene rings is 2. The van der Waals surface area contributed by atoms with Crippen molar-refractivity contribution in [2.75, 3.05) is 4.72 Å². The topological polar surface area (TPSA) is 70.0 Å². The van der Waals surface area contributed by atoms with Crippen molar-refractivity contribution in [1.29, 1.82) is 5.26 Å². The first kappa shape index (κ1) is 15.4. The zero-order chi connectivity index (χ0) is 15.5. The average molecular weight is 321 g/mol. The lowest BCUT2D eigenvalue weighted by Crippen LogP contribution is -2.16. The molecule has 0 aliphatic carbocycles. The van der Waals surface area contributed by atoms with Gasteiger partial charge in [-0.15, -0.1) is 0 Å². The zero-order valence-electron chi connectivity index (χ0n) is 11.3. The number of halogens is 1. The molecule has 0 saturated carbocycles. The molecular weight excluding hydrogens is 308 g/mol. The van der Waals surface area contributed by atoms with Crippen LogP contribution in [0.25, 0.3) is 0 Å². The number of rotatable bonds is 4. The van der Waals surface area contributed by atoms with Crippen LogP contribution in [0, 0.1) is 18.3 Å². The van der Waals surface area contributed by atoms with E-state index < -0.39 is 10.0 Å². The van der Waals surface area contributed by atoms with Gasteiger partial charge in [0, 0.05) is 5.02 Å². The van der Waals surface area contributed by atoms with Crippen LogP contribution in [0.5, 0.6) is 0 Å². The van der Waals surface area contributed by atoms with Gasteiger partial charge in [0.25, 0.3) is 0 Å². The number of nitrogens with one attached hydrogen (secondary N) is 1. The van der Waals surface area contributed by atoms with Gasteiger partial charge >= 0.3 is 0 Å². The van der Waals surface area contributed by atoms with Gasteiger partial charge in [0.1, 0.15) is 0 Å². The number of hydrogen-bond acceptors (Lipinski definition) is 3. The molecule has 1 N–H and O–H groups in total. The first-order valence-electron chi connectivity index (χ1n) is 6.16. The Morgan fingerprint density at radius 3 is 2.62 bits per heavy atom. The van der Waals surface area contributed by atoms with E-state index in [4.69, 9.17) is 16.9 Å². The number of anilines is 1. The smallest absolute Gasteiger partial charge is 0.236 e. The van der Waals surface area contributed by atoms with Gasteiger partial charge in [-0.2, -0.15) is 5.26 Å². The van der Waals surface area contributed by atoms with Gasteiger partial charge in [0.15, 0.2) is 0 Å². The first-order valence-corrected chi connectivity index (χ1v) is 8.19. The molecule has 0 heterocycles. The largest absolute Gasteiger partial charge is 0.283 e. The molecule has 4 nitrogen and oxygen atoms in total. The molecule has 0 saturated heterocycles. The van der Waals surface area contributed by atoms with Crippen molar-refractivity contribution < 1.29 is 8.42 Å². The Hall–Kier alpha value is -2.03. The van der Waals surface area contributed by atoms with Crippen molar-refractivity contribution >= 4 is 27.3 Å². The summed E-state index contributed by atoms with van der Waals surface area (Å²) in [5.74, 6) is -0.261. The summed E-state index contributed by atoms with van der Waals surface area (Å²) in [6.07, 6.45) is 0. The van der Waals surface area contributed by atoms with Crippen molar-refractivity contribution in [1.82, 2.24) is 0 Å². The summed E-state index contributed by atoms with van der Waals surface area (Å²) in [5.41, 5.74) is 1.92. The van der Waals surface area contributed by atoms with Crippen LogP contribution in [-0.2, 0) is 15.8 Å². The minimum atomic E-state index is -3.62. The molecule has 0 unspecified atom stereocenters. The number of hydrogen-bond donors (Lipinski definition) is 1. The van der Waals surface area contributed by atoms with E-state index in [-0.39, 0.29) is 5.75 Å². The molecule has 0 atom stereocenters. The fourth-order valence-corrected chi connectivity index (χ4v) is 3.35. The van der Waals surface area contributed by atoms with Crippen molar-refractivity contribution in [3.63, 3.8) is 0 Å². The second-order valence-corrected chi connectivity index (χ2v) is 6.67. The van der Waals surface area contributed by atoms with Crippen LogP contribution < -0.4 is 4.72 Å². The summed E-state index contributed by atoms with van der Waals surface area (Å²) < 4.78 is 27.0. The molecule has 0 amide bonds. The number of sulfonamides is 1. The van der Waals surface area contributed by atoms with Gasteiger partial charge in [-0.1, -0.05) is 35.9 Å². The first-order chi connectivity index (χ1) is 9.93. The molecule has 0 aromatic heterocycles. The highest BCUT2D eigenvalue weighted by Crippen LogP contribution is 2.24.